The summed E-state index contributed by atoms with van der Waals surface area (Å²) >= 11 is 0. The molecule has 0 aromatic rings. The predicted octanol–water partition coefficient (Wildman–Crippen LogP) is -1.31. The second-order valence-electron chi connectivity index (χ2n) is 2.36. The number of aliphatic hydroxyl groups is 2. The van der Waals surface area contributed by atoms with Crippen LogP contribution in [0.1, 0.15) is 13.8 Å². The van der Waals surface area contributed by atoms with Gasteiger partial charge in [-0.15, -0.1) is 0 Å². The van der Waals surface area contributed by atoms with Crippen LogP contribution in [0, 0.1) is 0 Å². The number of nitrogens with one attached hydrogen (secondary N) is 1. The summed E-state index contributed by atoms with van der Waals surface area (Å²) in [5, 5.41) is 20.3. The van der Waals surface area contributed by atoms with Gasteiger partial charge < -0.3 is 15.5 Å². The van der Waals surface area contributed by atoms with E-state index in [1.807, 2.05) is 0 Å². The minimum atomic E-state index is -0.330. The van der Waals surface area contributed by atoms with Gasteiger partial charge in [0.1, 0.15) is 0 Å². The Hall–Kier alpha value is 0.880. The first kappa shape index (κ1) is 13.5. The van der Waals surface area contributed by atoms with Gasteiger partial charge in [0.05, 0.1) is 12.2 Å². The molecule has 3 N–H and O–H groups in total. The van der Waals surface area contributed by atoms with Crippen LogP contribution < -0.4 is 5.32 Å². The van der Waals surface area contributed by atoms with Gasteiger partial charge in [0.2, 0.25) is 0 Å². The van der Waals surface area contributed by atoms with Crippen molar-refractivity contribution in [3.05, 3.63) is 0 Å². The number of hydrogen-bond acceptors (Lipinski definition) is 3. The Kier molecular flexibility index (Phi) is 10.7. The van der Waals surface area contributed by atoms with Crippen LogP contribution >= 0.6 is 0 Å². The van der Waals surface area contributed by atoms with Crippen molar-refractivity contribution >= 4 is 29.6 Å². The van der Waals surface area contributed by atoms with Gasteiger partial charge in [-0.05, 0) is 13.8 Å². The molecule has 0 radical (unpaired) electrons. The average Bonchev–Trinajstić information content (AvgIpc) is 1.63. The van der Waals surface area contributed by atoms with Gasteiger partial charge in [-0.1, -0.05) is 0 Å². The molecular weight excluding hydrogens is 141 g/mol. The molecule has 2 atom stereocenters. The Morgan fingerprint density at radius 2 is 1.40 bits per heavy atom. The van der Waals surface area contributed by atoms with Crippen molar-refractivity contribution in [1.82, 2.24) is 5.32 Å². The van der Waals surface area contributed by atoms with Crippen molar-refractivity contribution < 1.29 is 10.2 Å². The number of hydrogen-bond donors (Lipinski definition) is 3. The van der Waals surface area contributed by atoms with E-state index in [1.54, 1.807) is 13.8 Å². The van der Waals surface area contributed by atoms with Crippen LogP contribution in [-0.2, 0) is 0 Å². The van der Waals surface area contributed by atoms with Crippen LogP contribution in [0.5, 0.6) is 0 Å². The molecule has 4 heteroatoms. The fourth-order valence-electron chi connectivity index (χ4n) is 0.501. The molecule has 0 spiro atoms. The third-order valence-electron chi connectivity index (χ3n) is 0.879. The van der Waals surface area contributed by atoms with Crippen LogP contribution in [0.3, 0.4) is 0 Å². The second-order valence-corrected chi connectivity index (χ2v) is 2.36. The molecule has 0 amide bonds. The molecule has 0 aliphatic heterocycles. The zero-order valence-corrected chi connectivity index (χ0v) is 5.96. The zero-order chi connectivity index (χ0) is 7.28. The Bertz CT molecular complexity index is 60.8. The Balaban J connectivity index is 0. The predicted molar refractivity (Wildman–Crippen MR) is 43.4 cm³/mol. The number of rotatable bonds is 4. The Morgan fingerprint density at radius 3 is 1.60 bits per heavy atom. The summed E-state index contributed by atoms with van der Waals surface area (Å²) in [5.74, 6) is 0. The quantitative estimate of drug-likeness (QED) is 0.444. The zero-order valence-electron chi connectivity index (χ0n) is 5.96. The summed E-state index contributed by atoms with van der Waals surface area (Å²) in [5.41, 5.74) is 0. The molecule has 0 fully saturated rings. The normalized spacial score (nSPS) is 15.6. The molecule has 10 heavy (non-hydrogen) atoms. The van der Waals surface area contributed by atoms with E-state index < -0.39 is 0 Å². The molecule has 0 heterocycles. The van der Waals surface area contributed by atoms with Gasteiger partial charge >= 0.3 is 29.6 Å². The third kappa shape index (κ3) is 11.6. The summed E-state index contributed by atoms with van der Waals surface area (Å²) in [6, 6.07) is 0. The van der Waals surface area contributed by atoms with E-state index in [9.17, 15) is 0 Å². The van der Waals surface area contributed by atoms with Crippen molar-refractivity contribution in [3.63, 3.8) is 0 Å². The van der Waals surface area contributed by atoms with Crippen LogP contribution in [0.2, 0.25) is 0 Å². The molecule has 3 nitrogen and oxygen atoms in total. The Morgan fingerprint density at radius 1 is 1.10 bits per heavy atom. The van der Waals surface area contributed by atoms with Crippen LogP contribution in [0.25, 0.3) is 0 Å². The molecular formula is C6H16NNaO2. The topological polar surface area (TPSA) is 52.5 Å². The van der Waals surface area contributed by atoms with Gasteiger partial charge in [-0.2, -0.15) is 0 Å². The standard InChI is InChI=1S/C6H15NO2.Na.H/c1-5(8)3-7-4-6(2)9;;/h5-9H,3-4H2,1-2H3;;. The van der Waals surface area contributed by atoms with Gasteiger partial charge in [-0.25, -0.2) is 0 Å². The van der Waals surface area contributed by atoms with E-state index in [2.05, 4.69) is 5.32 Å². The molecule has 0 aliphatic rings. The van der Waals surface area contributed by atoms with E-state index in [1.165, 1.54) is 0 Å². The van der Waals surface area contributed by atoms with Gasteiger partial charge in [0, 0.05) is 13.1 Å². The van der Waals surface area contributed by atoms with Crippen molar-refractivity contribution in [2.24, 2.45) is 0 Å². The van der Waals surface area contributed by atoms with E-state index >= 15 is 0 Å². The second kappa shape index (κ2) is 7.98. The summed E-state index contributed by atoms with van der Waals surface area (Å²) in [6.07, 6.45) is -0.660. The molecule has 0 saturated carbocycles. The van der Waals surface area contributed by atoms with Crippen LogP contribution in [0.15, 0.2) is 0 Å². The summed E-state index contributed by atoms with van der Waals surface area (Å²) < 4.78 is 0. The molecule has 0 aliphatic carbocycles. The fourth-order valence-corrected chi connectivity index (χ4v) is 0.501. The molecule has 0 rings (SSSR count). The van der Waals surface area contributed by atoms with Gasteiger partial charge in [0.15, 0.2) is 0 Å². The van der Waals surface area contributed by atoms with Crippen LogP contribution in [0.4, 0.5) is 0 Å². The van der Waals surface area contributed by atoms with Crippen molar-refractivity contribution in [2.75, 3.05) is 13.1 Å². The molecule has 0 bridgehead atoms. The van der Waals surface area contributed by atoms with E-state index in [0.717, 1.165) is 0 Å². The summed E-state index contributed by atoms with van der Waals surface area (Å²) in [4.78, 5) is 0. The number of aliphatic hydroxyl groups excluding tert-OH is 2. The van der Waals surface area contributed by atoms with E-state index in [0.29, 0.717) is 13.1 Å². The Labute approximate surface area is 84.1 Å². The van der Waals surface area contributed by atoms with Crippen LogP contribution in [-0.4, -0.2) is 65.1 Å². The molecule has 0 aromatic heterocycles. The van der Waals surface area contributed by atoms with Gasteiger partial charge in [-0.3, -0.25) is 0 Å². The fraction of sp³-hybridized carbons (Fsp3) is 1.00. The van der Waals surface area contributed by atoms with Crippen molar-refractivity contribution in [3.8, 4) is 0 Å². The molecule has 2 unspecified atom stereocenters. The first-order valence-electron chi connectivity index (χ1n) is 3.19. The van der Waals surface area contributed by atoms with E-state index in [4.69, 9.17) is 10.2 Å². The van der Waals surface area contributed by atoms with E-state index in [-0.39, 0.29) is 41.8 Å². The van der Waals surface area contributed by atoms with Crippen molar-refractivity contribution in [1.29, 1.82) is 0 Å². The minimum absolute atomic E-state index is 0. The summed E-state index contributed by atoms with van der Waals surface area (Å²) in [6.45, 7) is 4.50. The van der Waals surface area contributed by atoms with Gasteiger partial charge in [0.25, 0.3) is 0 Å². The monoisotopic (exact) mass is 157 g/mol. The summed E-state index contributed by atoms with van der Waals surface area (Å²) in [7, 11) is 0. The average molecular weight is 157 g/mol. The van der Waals surface area contributed by atoms with Crippen molar-refractivity contribution in [2.45, 2.75) is 26.1 Å². The first-order chi connectivity index (χ1) is 4.13. The molecule has 0 aromatic carbocycles. The third-order valence-corrected chi connectivity index (χ3v) is 0.879. The maximum absolute atomic E-state index is 8.72. The maximum atomic E-state index is 8.72. The SMILES string of the molecule is CC(O)CNCC(C)O.[NaH]. The molecule has 58 valence electrons. The first-order valence-corrected chi connectivity index (χ1v) is 3.19. The molecule has 0 saturated heterocycles.